The van der Waals surface area contributed by atoms with Gasteiger partial charge in [0.2, 0.25) is 0 Å². The molecule has 26 heavy (non-hydrogen) atoms. The molecule has 0 radical (unpaired) electrons. The van der Waals surface area contributed by atoms with E-state index in [0.717, 1.165) is 29.7 Å². The average molecular weight is 371 g/mol. The number of hydrogen-bond donors (Lipinski definition) is 1. The van der Waals surface area contributed by atoms with Crippen molar-refractivity contribution in [1.29, 1.82) is 0 Å². The van der Waals surface area contributed by atoms with Gasteiger partial charge in [-0.25, -0.2) is 0 Å². The van der Waals surface area contributed by atoms with Gasteiger partial charge in [-0.15, -0.1) is 0 Å². The van der Waals surface area contributed by atoms with E-state index in [1.807, 2.05) is 54.4 Å². The summed E-state index contributed by atoms with van der Waals surface area (Å²) in [6, 6.07) is 15.1. The Balaban J connectivity index is 1.90. The lowest BCUT2D eigenvalue weighted by Gasteiger charge is -2.22. The number of hydrogen-bond acceptors (Lipinski definition) is 3. The van der Waals surface area contributed by atoms with Crippen LogP contribution in [0.3, 0.4) is 0 Å². The molecule has 3 aromatic rings. The number of rotatable bonds is 6. The third kappa shape index (κ3) is 3.70. The fourth-order valence-electron chi connectivity index (χ4n) is 3.04. The van der Waals surface area contributed by atoms with Crippen LogP contribution in [0.1, 0.15) is 26.7 Å². The lowest BCUT2D eigenvalue weighted by Crippen LogP contribution is -2.17. The first kappa shape index (κ1) is 18.3. The summed E-state index contributed by atoms with van der Waals surface area (Å²) in [6.07, 6.45) is 2.31. The first-order valence-electron chi connectivity index (χ1n) is 8.82. The zero-order chi connectivity index (χ0) is 18.7. The van der Waals surface area contributed by atoms with Gasteiger partial charge < -0.3 is 14.6 Å². The Bertz CT molecular complexity index is 950. The largest absolute Gasteiger partial charge is 0.491 e. The minimum absolute atomic E-state index is 0.153. The van der Waals surface area contributed by atoms with E-state index in [-0.39, 0.29) is 11.7 Å². The first-order valence-corrected chi connectivity index (χ1v) is 9.20. The van der Waals surface area contributed by atoms with Gasteiger partial charge >= 0.3 is 0 Å². The quantitative estimate of drug-likeness (QED) is 0.621. The van der Waals surface area contributed by atoms with Crippen molar-refractivity contribution in [2.45, 2.75) is 32.8 Å². The van der Waals surface area contributed by atoms with Gasteiger partial charge in [-0.1, -0.05) is 43.1 Å². The fourth-order valence-corrected chi connectivity index (χ4v) is 3.37. The molecule has 0 aliphatic carbocycles. The predicted molar refractivity (Wildman–Crippen MR) is 109 cm³/mol. The van der Waals surface area contributed by atoms with E-state index in [2.05, 4.69) is 18.8 Å². The van der Waals surface area contributed by atoms with Crippen LogP contribution in [0.5, 0.6) is 5.75 Å². The molecule has 136 valence electrons. The van der Waals surface area contributed by atoms with Crippen molar-refractivity contribution in [3.05, 3.63) is 63.9 Å². The average Bonchev–Trinajstić information content (AvgIpc) is 2.65. The summed E-state index contributed by atoms with van der Waals surface area (Å²) >= 11 is 6.56. The highest BCUT2D eigenvalue weighted by molar-refractivity contribution is 6.38. The summed E-state index contributed by atoms with van der Waals surface area (Å²) in [6.45, 7) is 4.22. The molecule has 2 aromatic carbocycles. The number of benzene rings is 2. The highest BCUT2D eigenvalue weighted by Crippen LogP contribution is 2.33. The molecule has 0 amide bonds. The van der Waals surface area contributed by atoms with E-state index in [4.69, 9.17) is 16.3 Å². The molecular formula is C21H23ClN2O2. The van der Waals surface area contributed by atoms with Crippen molar-refractivity contribution >= 4 is 33.9 Å². The Labute approximate surface area is 158 Å². The Hall–Kier alpha value is -2.46. The monoisotopic (exact) mass is 370 g/mol. The van der Waals surface area contributed by atoms with Crippen molar-refractivity contribution in [2.75, 3.05) is 11.9 Å². The maximum absolute atomic E-state index is 12.4. The molecule has 1 atom stereocenters. The van der Waals surface area contributed by atoms with Crippen LogP contribution in [0.15, 0.2) is 53.3 Å². The predicted octanol–water partition coefficient (Wildman–Crippen LogP) is 5.52. The van der Waals surface area contributed by atoms with Crippen LogP contribution in [-0.4, -0.2) is 18.1 Å². The molecule has 0 aliphatic rings. The van der Waals surface area contributed by atoms with E-state index >= 15 is 0 Å². The minimum Gasteiger partial charge on any atom is -0.491 e. The summed E-state index contributed by atoms with van der Waals surface area (Å²) in [5.74, 6) is 1.41. The Morgan fingerprint density at radius 3 is 2.42 bits per heavy atom. The van der Waals surface area contributed by atoms with E-state index < -0.39 is 0 Å². The molecule has 3 rings (SSSR count). The number of halogens is 1. The van der Waals surface area contributed by atoms with E-state index in [1.165, 1.54) is 0 Å². The highest BCUT2D eigenvalue weighted by Gasteiger charge is 2.14. The van der Waals surface area contributed by atoms with Crippen LogP contribution in [0.4, 0.5) is 11.5 Å². The molecule has 4 nitrogen and oxygen atoms in total. The topological polar surface area (TPSA) is 45.3 Å². The number of nitrogens with one attached hydrogen (secondary N) is 1. The van der Waals surface area contributed by atoms with Gasteiger partial charge in [0.1, 0.15) is 11.6 Å². The molecule has 0 saturated carbocycles. The molecule has 0 saturated heterocycles. The number of nitrogens with zero attached hydrogens (tertiary/aromatic N) is 1. The fraction of sp³-hybridized carbons (Fsp3) is 0.286. The zero-order valence-corrected chi connectivity index (χ0v) is 16.0. The van der Waals surface area contributed by atoms with Crippen molar-refractivity contribution in [3.63, 3.8) is 0 Å². The van der Waals surface area contributed by atoms with Crippen LogP contribution in [0, 0.1) is 0 Å². The Kier molecular flexibility index (Phi) is 5.52. The van der Waals surface area contributed by atoms with E-state index in [9.17, 15) is 4.79 Å². The maximum atomic E-state index is 12.4. The van der Waals surface area contributed by atoms with Gasteiger partial charge in [-0.05, 0) is 43.7 Å². The van der Waals surface area contributed by atoms with Crippen LogP contribution in [-0.2, 0) is 0 Å². The van der Waals surface area contributed by atoms with Crippen LogP contribution in [0.2, 0.25) is 5.02 Å². The molecular weight excluding hydrogens is 348 g/mol. The number of ether oxygens (including phenoxy) is 1. The molecule has 5 heteroatoms. The molecule has 1 unspecified atom stereocenters. The van der Waals surface area contributed by atoms with Crippen molar-refractivity contribution in [3.8, 4) is 5.75 Å². The molecule has 1 heterocycles. The molecule has 0 bridgehead atoms. The maximum Gasteiger partial charge on any atom is 0.257 e. The van der Waals surface area contributed by atoms with Gasteiger partial charge in [0.25, 0.3) is 5.56 Å². The van der Waals surface area contributed by atoms with Crippen molar-refractivity contribution in [2.24, 2.45) is 0 Å². The van der Waals surface area contributed by atoms with Crippen LogP contribution >= 0.6 is 11.6 Å². The molecule has 1 N–H and O–H groups in total. The number of pyridine rings is 1. The normalized spacial score (nSPS) is 12.2. The number of H-pyrrole nitrogens is 1. The number of fused-ring (bicyclic) bond motifs is 1. The molecule has 0 aliphatic heterocycles. The van der Waals surface area contributed by atoms with Crippen molar-refractivity contribution < 1.29 is 4.74 Å². The van der Waals surface area contributed by atoms with Crippen LogP contribution in [0.25, 0.3) is 10.8 Å². The van der Waals surface area contributed by atoms with E-state index in [1.54, 1.807) is 6.07 Å². The van der Waals surface area contributed by atoms with Gasteiger partial charge in [-0.3, -0.25) is 4.79 Å². The number of aromatic nitrogens is 1. The smallest absolute Gasteiger partial charge is 0.257 e. The van der Waals surface area contributed by atoms with Crippen LogP contribution < -0.4 is 15.2 Å². The second kappa shape index (κ2) is 7.83. The standard InChI is InChI=1S/C21H23ClN2O2/c1-4-7-14(2)26-16-12-10-15(11-13-16)24(3)20-19(22)17-8-5-6-9-18(17)21(25)23-20/h5-6,8-14H,4,7H2,1-3H3,(H,23,25). The molecule has 0 fully saturated rings. The van der Waals surface area contributed by atoms with Gasteiger partial charge in [0, 0.05) is 23.5 Å². The van der Waals surface area contributed by atoms with Crippen molar-refractivity contribution in [1.82, 2.24) is 4.98 Å². The zero-order valence-electron chi connectivity index (χ0n) is 15.3. The summed E-state index contributed by atoms with van der Waals surface area (Å²) in [4.78, 5) is 17.1. The van der Waals surface area contributed by atoms with E-state index in [0.29, 0.717) is 16.2 Å². The third-order valence-corrected chi connectivity index (χ3v) is 4.82. The number of anilines is 2. The summed E-state index contributed by atoms with van der Waals surface area (Å²) in [7, 11) is 1.88. The molecule has 1 aromatic heterocycles. The van der Waals surface area contributed by atoms with Gasteiger partial charge in [0.05, 0.1) is 11.1 Å². The minimum atomic E-state index is -0.153. The number of aromatic amines is 1. The second-order valence-corrected chi connectivity index (χ2v) is 6.81. The Morgan fingerprint density at radius 1 is 1.12 bits per heavy atom. The lowest BCUT2D eigenvalue weighted by atomic mass is 10.1. The van der Waals surface area contributed by atoms with Gasteiger partial charge in [0.15, 0.2) is 0 Å². The summed E-state index contributed by atoms with van der Waals surface area (Å²) < 4.78 is 5.89. The first-order chi connectivity index (χ1) is 12.5. The Morgan fingerprint density at radius 2 is 1.77 bits per heavy atom. The lowest BCUT2D eigenvalue weighted by molar-refractivity contribution is 0.210. The SMILES string of the molecule is CCCC(C)Oc1ccc(N(C)c2[nH]c(=O)c3ccccc3c2Cl)cc1. The highest BCUT2D eigenvalue weighted by atomic mass is 35.5. The second-order valence-electron chi connectivity index (χ2n) is 6.43. The van der Waals surface area contributed by atoms with Gasteiger partial charge in [-0.2, -0.15) is 0 Å². The molecule has 0 spiro atoms. The third-order valence-electron chi connectivity index (χ3n) is 4.44. The summed E-state index contributed by atoms with van der Waals surface area (Å²) in [5.41, 5.74) is 0.758. The summed E-state index contributed by atoms with van der Waals surface area (Å²) in [5, 5.41) is 1.86.